The quantitative estimate of drug-likeness (QED) is 0.557. The molecule has 2 aromatic heterocycles. The predicted molar refractivity (Wildman–Crippen MR) is 88.2 cm³/mol. The molecule has 0 spiro atoms. The topological polar surface area (TPSA) is 121 Å². The third-order valence-corrected chi connectivity index (χ3v) is 3.49. The van der Waals surface area contributed by atoms with Crippen molar-refractivity contribution in [3.8, 4) is 0 Å². The van der Waals surface area contributed by atoms with Gasteiger partial charge < -0.3 is 15.4 Å². The van der Waals surface area contributed by atoms with Gasteiger partial charge in [0.2, 0.25) is 6.33 Å². The molecule has 3 aromatic rings. The van der Waals surface area contributed by atoms with Crippen LogP contribution >= 0.6 is 0 Å². The lowest BCUT2D eigenvalue weighted by molar-refractivity contribution is -0.394. The maximum absolute atomic E-state index is 12.3. The van der Waals surface area contributed by atoms with Crippen molar-refractivity contribution in [3.05, 3.63) is 63.7 Å². The van der Waals surface area contributed by atoms with Crippen LogP contribution in [0.2, 0.25) is 0 Å². The van der Waals surface area contributed by atoms with Crippen molar-refractivity contribution in [3.63, 3.8) is 0 Å². The lowest BCUT2D eigenvalue weighted by Crippen LogP contribution is -2.15. The number of amides is 1. The minimum absolute atomic E-state index is 0.109. The molecule has 0 saturated heterocycles. The van der Waals surface area contributed by atoms with E-state index in [9.17, 15) is 14.9 Å². The molecular weight excluding hydrogens is 326 g/mol. The summed E-state index contributed by atoms with van der Waals surface area (Å²) in [4.78, 5) is 25.8. The first-order valence-electron chi connectivity index (χ1n) is 7.38. The fourth-order valence-electron chi connectivity index (χ4n) is 2.20. The molecule has 0 aliphatic heterocycles. The second kappa shape index (κ2) is 6.51. The van der Waals surface area contributed by atoms with E-state index in [1.807, 2.05) is 32.0 Å². The van der Waals surface area contributed by atoms with E-state index in [1.54, 1.807) is 12.3 Å². The fraction of sp³-hybridized carbons (Fsp3) is 0.200. The Labute approximate surface area is 142 Å². The summed E-state index contributed by atoms with van der Waals surface area (Å²) in [6.07, 6.45) is 2.82. The van der Waals surface area contributed by atoms with E-state index in [-0.39, 0.29) is 18.3 Å². The Morgan fingerprint density at radius 3 is 2.76 bits per heavy atom. The van der Waals surface area contributed by atoms with Crippen LogP contribution in [0, 0.1) is 24.0 Å². The third-order valence-electron chi connectivity index (χ3n) is 3.49. The second-order valence-corrected chi connectivity index (χ2v) is 5.50. The van der Waals surface area contributed by atoms with Crippen LogP contribution in [0.25, 0.3) is 0 Å². The molecule has 10 heteroatoms. The average Bonchev–Trinajstić information content (AvgIpc) is 3.21. The highest BCUT2D eigenvalue weighted by atomic mass is 16.6. The number of anilines is 1. The monoisotopic (exact) mass is 341 g/mol. The normalized spacial score (nSPS) is 10.6. The van der Waals surface area contributed by atoms with Crippen LogP contribution in [-0.2, 0) is 6.67 Å². The molecule has 0 aliphatic carbocycles. The largest absolute Gasteiger partial charge is 0.491 e. The maximum atomic E-state index is 12.3. The zero-order chi connectivity index (χ0) is 18.0. The smallest absolute Gasteiger partial charge is 0.390 e. The summed E-state index contributed by atoms with van der Waals surface area (Å²) in [5.41, 5.74) is 2.95. The highest BCUT2D eigenvalue weighted by Gasteiger charge is 2.15. The van der Waals surface area contributed by atoms with Crippen LogP contribution in [0.3, 0.4) is 0 Å². The van der Waals surface area contributed by atoms with Crippen LogP contribution in [0.4, 0.5) is 11.6 Å². The molecule has 0 unspecified atom stereocenters. The molecule has 0 aliphatic rings. The molecule has 0 bridgehead atoms. The molecule has 1 amide bonds. The lowest BCUT2D eigenvalue weighted by Gasteiger charge is -2.08. The number of nitrogens with one attached hydrogen (secondary N) is 1. The SMILES string of the molecule is Cc1ccc(C)c(NC(=O)c2ccn(Cn3cnc([N+](=O)[O-])n3)n2)c1. The summed E-state index contributed by atoms with van der Waals surface area (Å²) in [6.45, 7) is 3.96. The van der Waals surface area contributed by atoms with Crippen molar-refractivity contribution < 1.29 is 9.72 Å². The van der Waals surface area contributed by atoms with Gasteiger partial charge in [-0.05, 0) is 42.0 Å². The summed E-state index contributed by atoms with van der Waals surface area (Å²) < 4.78 is 2.70. The minimum Gasteiger partial charge on any atom is -0.390 e. The third kappa shape index (κ3) is 3.68. The highest BCUT2D eigenvalue weighted by molar-refractivity contribution is 6.03. The minimum atomic E-state index is -0.678. The van der Waals surface area contributed by atoms with Gasteiger partial charge in [0.25, 0.3) is 5.91 Å². The lowest BCUT2D eigenvalue weighted by atomic mass is 10.1. The van der Waals surface area contributed by atoms with Crippen LogP contribution < -0.4 is 5.32 Å². The number of aryl methyl sites for hydroxylation is 2. The number of hydrogen-bond donors (Lipinski definition) is 1. The molecule has 0 radical (unpaired) electrons. The number of nitro groups is 1. The molecule has 1 N–H and O–H groups in total. The zero-order valence-electron chi connectivity index (χ0n) is 13.6. The average molecular weight is 341 g/mol. The van der Waals surface area contributed by atoms with Crippen molar-refractivity contribution in [1.82, 2.24) is 24.5 Å². The zero-order valence-corrected chi connectivity index (χ0v) is 13.6. The summed E-state index contributed by atoms with van der Waals surface area (Å²) >= 11 is 0. The Morgan fingerprint density at radius 2 is 2.04 bits per heavy atom. The van der Waals surface area contributed by atoms with E-state index in [0.717, 1.165) is 16.8 Å². The van der Waals surface area contributed by atoms with Crippen molar-refractivity contribution in [2.75, 3.05) is 5.32 Å². The number of rotatable bonds is 5. The van der Waals surface area contributed by atoms with Crippen LogP contribution in [0.5, 0.6) is 0 Å². The molecule has 0 atom stereocenters. The van der Waals surface area contributed by atoms with Crippen LogP contribution in [0.15, 0.2) is 36.8 Å². The summed E-state index contributed by atoms with van der Waals surface area (Å²) in [6, 6.07) is 7.35. The fourth-order valence-corrected chi connectivity index (χ4v) is 2.20. The summed E-state index contributed by atoms with van der Waals surface area (Å²) in [5.74, 6) is -0.822. The Morgan fingerprint density at radius 1 is 1.24 bits per heavy atom. The van der Waals surface area contributed by atoms with E-state index in [0.29, 0.717) is 0 Å². The van der Waals surface area contributed by atoms with E-state index in [4.69, 9.17) is 0 Å². The highest BCUT2D eigenvalue weighted by Crippen LogP contribution is 2.17. The van der Waals surface area contributed by atoms with Gasteiger partial charge in [-0.25, -0.2) is 4.68 Å². The van der Waals surface area contributed by atoms with Crippen molar-refractivity contribution in [2.45, 2.75) is 20.5 Å². The Hall–Kier alpha value is -3.56. The van der Waals surface area contributed by atoms with Crippen LogP contribution in [-0.4, -0.2) is 35.4 Å². The van der Waals surface area contributed by atoms with Gasteiger partial charge in [0.1, 0.15) is 0 Å². The van der Waals surface area contributed by atoms with Crippen molar-refractivity contribution in [2.24, 2.45) is 0 Å². The van der Waals surface area contributed by atoms with Crippen molar-refractivity contribution in [1.29, 1.82) is 0 Å². The van der Waals surface area contributed by atoms with Crippen molar-refractivity contribution >= 4 is 17.5 Å². The molecule has 1 aromatic carbocycles. The molecular formula is C15H15N7O3. The summed E-state index contributed by atoms with van der Waals surface area (Å²) in [7, 11) is 0. The van der Waals surface area contributed by atoms with Gasteiger partial charge in [-0.15, -0.1) is 0 Å². The predicted octanol–water partition coefficient (Wildman–Crippen LogP) is 1.76. The molecule has 10 nitrogen and oxygen atoms in total. The van der Waals surface area contributed by atoms with E-state index in [2.05, 4.69) is 20.5 Å². The first kappa shape index (κ1) is 16.3. The maximum Gasteiger partial charge on any atom is 0.491 e. The van der Waals surface area contributed by atoms with Gasteiger partial charge in [0, 0.05) is 17.0 Å². The number of benzene rings is 1. The van der Waals surface area contributed by atoms with E-state index < -0.39 is 10.9 Å². The Bertz CT molecular complexity index is 944. The molecule has 25 heavy (non-hydrogen) atoms. The van der Waals surface area contributed by atoms with E-state index >= 15 is 0 Å². The number of hydrogen-bond acceptors (Lipinski definition) is 6. The standard InChI is InChI=1S/C15H15N7O3/c1-10-3-4-11(2)13(7-10)17-14(23)12-5-6-20(18-12)9-21-8-16-15(19-21)22(24)25/h3-8H,9H2,1-2H3,(H,17,23). The van der Waals surface area contributed by atoms with Gasteiger partial charge >= 0.3 is 5.95 Å². The number of nitrogens with zero attached hydrogens (tertiary/aromatic N) is 6. The number of carbonyl (C=O) groups excluding carboxylic acids is 1. The number of aromatic nitrogens is 5. The van der Waals surface area contributed by atoms with Gasteiger partial charge in [0.05, 0.1) is 0 Å². The first-order valence-corrected chi connectivity index (χ1v) is 7.38. The van der Waals surface area contributed by atoms with Gasteiger partial charge in [-0.2, -0.15) is 9.78 Å². The molecule has 128 valence electrons. The molecule has 3 rings (SSSR count). The van der Waals surface area contributed by atoms with Gasteiger partial charge in [0.15, 0.2) is 12.4 Å². The summed E-state index contributed by atoms with van der Waals surface area (Å²) in [5, 5.41) is 21.2. The molecule has 2 heterocycles. The van der Waals surface area contributed by atoms with Gasteiger partial charge in [-0.3, -0.25) is 4.79 Å². The van der Waals surface area contributed by atoms with E-state index in [1.165, 1.54) is 15.7 Å². The molecule has 0 saturated carbocycles. The number of carbonyl (C=O) groups is 1. The second-order valence-electron chi connectivity index (χ2n) is 5.50. The Kier molecular flexibility index (Phi) is 4.25. The van der Waals surface area contributed by atoms with Crippen LogP contribution in [0.1, 0.15) is 21.6 Å². The first-order chi connectivity index (χ1) is 11.9. The Balaban J connectivity index is 1.70. The van der Waals surface area contributed by atoms with Gasteiger partial charge in [-0.1, -0.05) is 17.1 Å². The molecule has 0 fully saturated rings.